The molecule has 0 fully saturated rings. The molecule has 0 spiro atoms. The van der Waals surface area contributed by atoms with Crippen LogP contribution >= 0.6 is 0 Å². The van der Waals surface area contributed by atoms with Gasteiger partial charge in [0, 0.05) is 53.4 Å². The number of hydrogen-bond acceptors (Lipinski definition) is 21. The van der Waals surface area contributed by atoms with Gasteiger partial charge in [-0.05, 0) is 24.3 Å². The maximum atomic E-state index is 12.3. The molecule has 61 heavy (non-hydrogen) atoms. The van der Waals surface area contributed by atoms with Gasteiger partial charge in [0.2, 0.25) is 20.8 Å². The molecular weight excluding hydrogens is 1010 g/mol. The molecule has 0 atom stereocenters. The average molecular weight is 1040 g/mol. The summed E-state index contributed by atoms with van der Waals surface area (Å²) in [7, 11) is -20.0. The Bertz CT molecular complexity index is 2720. The van der Waals surface area contributed by atoms with Crippen LogP contribution in [0.2, 0.25) is 0 Å². The van der Waals surface area contributed by atoms with E-state index in [1.54, 1.807) is 7.05 Å². The average Bonchev–Trinajstić information content (AvgIpc) is 3.08. The molecule has 1 radical (unpaired) electrons. The molecule has 0 bridgehead atoms. The van der Waals surface area contributed by atoms with Crippen molar-refractivity contribution in [2.24, 2.45) is 20.5 Å². The van der Waals surface area contributed by atoms with Gasteiger partial charge in [0.25, 0.3) is 0 Å². The summed E-state index contributed by atoms with van der Waals surface area (Å²) in [5.74, 6) is -2.11. The number of azo groups is 2. The van der Waals surface area contributed by atoms with Crippen molar-refractivity contribution in [2.75, 3.05) is 31.0 Å². The van der Waals surface area contributed by atoms with Crippen molar-refractivity contribution in [1.82, 2.24) is 0 Å². The molecule has 4 aromatic rings. The Morgan fingerprint density at radius 2 is 1.21 bits per heavy atom. The molecule has 0 unspecified atom stereocenters. The van der Waals surface area contributed by atoms with Crippen LogP contribution in [0.5, 0.6) is 17.2 Å². The number of nitrogens with one attached hydrogen (secondary N) is 1. The van der Waals surface area contributed by atoms with Crippen LogP contribution in [0.1, 0.15) is 0 Å². The van der Waals surface area contributed by atoms with E-state index in [-0.39, 0.29) is 174 Å². The standard InChI is InChI=1S/C28H26N5O10S3.Cu.4Na.2H2O4S/c1-5-44(36,37)16-7-10-19(25(13-16)46(40,41)42)30-33-27-17-8-12-21(28(35)18(17)9-11-20(27)29-3)31-32-22-14-24(43-4)26(15-23(22)34)45(38,39)6-2;;;;;;2*1-5(2,3)4/h7-11,13-15,29,34-35H,1-2,5-6H2,3-4H3,(H,40,41,42);;;;;;2*(H2,1,2,3,4)/q-3;;4*+1;;/p-3. The molecule has 0 aromatic heterocycles. The number of hydrogen-bond donors (Lipinski definition) is 5. The molecular formula is C28H27CuN5Na4O18S5-2. The number of phenols is 2. The zero-order valence-electron chi connectivity index (χ0n) is 32.6. The minimum absolute atomic E-state index is 0. The van der Waals surface area contributed by atoms with Crippen LogP contribution < -0.4 is 128 Å². The van der Waals surface area contributed by atoms with Crippen LogP contribution in [-0.2, 0) is 67.7 Å². The number of rotatable bonds is 11. The Morgan fingerprint density at radius 1 is 0.705 bits per heavy atom. The summed E-state index contributed by atoms with van der Waals surface area (Å²) in [4.78, 5) is -1.63. The molecule has 4 aromatic carbocycles. The van der Waals surface area contributed by atoms with Crippen LogP contribution in [0.3, 0.4) is 0 Å². The van der Waals surface area contributed by atoms with Crippen LogP contribution in [0.15, 0.2) is 83.7 Å². The zero-order valence-corrected chi connectivity index (χ0v) is 45.6. The quantitative estimate of drug-likeness (QED) is 0.0306. The van der Waals surface area contributed by atoms with E-state index in [0.29, 0.717) is 11.8 Å². The summed E-state index contributed by atoms with van der Waals surface area (Å²) in [5, 5.41) is 40.5. The first-order valence-electron chi connectivity index (χ1n) is 14.2. The fourth-order valence-corrected chi connectivity index (χ4v) is 6.59. The fraction of sp³-hybridized carbons (Fsp3) is 0.143. The van der Waals surface area contributed by atoms with E-state index < -0.39 is 89.1 Å². The molecule has 0 amide bonds. The van der Waals surface area contributed by atoms with Crippen molar-refractivity contribution in [1.29, 1.82) is 0 Å². The van der Waals surface area contributed by atoms with Crippen LogP contribution in [0.4, 0.5) is 28.4 Å². The van der Waals surface area contributed by atoms with Crippen molar-refractivity contribution in [3.63, 3.8) is 0 Å². The maximum Gasteiger partial charge on any atom is 1.00 e. The number of anilines is 1. The van der Waals surface area contributed by atoms with Gasteiger partial charge in [-0.15, -0.1) is 5.11 Å². The Kier molecular flexibility index (Phi) is 30.8. The van der Waals surface area contributed by atoms with E-state index in [9.17, 15) is 40.0 Å². The largest absolute Gasteiger partial charge is 1.00 e. The van der Waals surface area contributed by atoms with Gasteiger partial charge < -0.3 is 47.8 Å². The molecule has 0 aliphatic rings. The van der Waals surface area contributed by atoms with Gasteiger partial charge in [0.15, 0.2) is 19.7 Å². The number of aromatic hydroxyl groups is 2. The Labute approximate surface area is 450 Å². The van der Waals surface area contributed by atoms with Crippen LogP contribution in [0, 0.1) is 19.9 Å². The first-order valence-corrected chi connectivity index (χ1v) is 21.6. The predicted molar refractivity (Wildman–Crippen MR) is 191 cm³/mol. The number of nitrogens with zero attached hydrogens (tertiary/aromatic N) is 4. The van der Waals surface area contributed by atoms with Crippen molar-refractivity contribution in [2.45, 2.75) is 14.7 Å². The van der Waals surface area contributed by atoms with Crippen molar-refractivity contribution in [3.05, 3.63) is 68.4 Å². The molecule has 0 saturated carbocycles. The van der Waals surface area contributed by atoms with Gasteiger partial charge >= 0.3 is 118 Å². The summed E-state index contributed by atoms with van der Waals surface area (Å²) in [6, 6.07) is 12.0. The fourth-order valence-electron chi connectivity index (χ4n) is 4.11. The summed E-state index contributed by atoms with van der Waals surface area (Å²) in [6.45, 7) is 6.67. The van der Waals surface area contributed by atoms with Crippen molar-refractivity contribution >= 4 is 89.8 Å². The monoisotopic (exact) mass is 1040 g/mol. The third-order valence-corrected chi connectivity index (χ3v) is 10.4. The maximum absolute atomic E-state index is 12.3. The number of ether oxygens (including phenoxy) is 1. The minimum Gasteiger partial charge on any atom is -0.744 e. The van der Waals surface area contributed by atoms with Gasteiger partial charge in [0.1, 0.15) is 37.9 Å². The summed E-state index contributed by atoms with van der Waals surface area (Å²) in [6.07, 6.45) is 0. The van der Waals surface area contributed by atoms with Gasteiger partial charge in [-0.1, -0.05) is 28.3 Å². The van der Waals surface area contributed by atoms with E-state index in [4.69, 9.17) is 39.8 Å². The minimum atomic E-state index is -5.18. The number of benzene rings is 4. The van der Waals surface area contributed by atoms with Gasteiger partial charge in [-0.25, -0.2) is 42.1 Å². The van der Waals surface area contributed by atoms with E-state index in [1.165, 1.54) is 25.3 Å². The topological polar surface area (TPSA) is 392 Å². The molecule has 0 saturated heterocycles. The van der Waals surface area contributed by atoms with Crippen LogP contribution in [0.25, 0.3) is 10.8 Å². The van der Waals surface area contributed by atoms with Crippen LogP contribution in [-0.4, -0.2) is 101 Å². The normalized spacial score (nSPS) is 11.5. The smallest absolute Gasteiger partial charge is 0.744 e. The third-order valence-electron chi connectivity index (χ3n) is 6.53. The first-order chi connectivity index (χ1) is 25.6. The molecule has 0 aliphatic heterocycles. The second-order valence-corrected chi connectivity index (χ2v) is 17.4. The molecule has 0 aliphatic carbocycles. The molecule has 33 heteroatoms. The second kappa shape index (κ2) is 27.9. The van der Waals surface area contributed by atoms with E-state index in [1.807, 2.05) is 0 Å². The zero-order chi connectivity index (χ0) is 43.0. The number of sulfone groups is 2. The van der Waals surface area contributed by atoms with Gasteiger partial charge in [-0.3, -0.25) is 9.11 Å². The van der Waals surface area contributed by atoms with E-state index >= 15 is 0 Å². The summed E-state index contributed by atoms with van der Waals surface area (Å²) in [5.41, 5.74) is -0.327. The molecule has 23 nitrogen and oxygen atoms in total. The Hall–Kier alpha value is -0.391. The van der Waals surface area contributed by atoms with Crippen molar-refractivity contribution in [3.8, 4) is 17.2 Å². The van der Waals surface area contributed by atoms with E-state index in [2.05, 4.69) is 45.7 Å². The number of phenolic OH excluding ortho intramolecular Hbond substituents is 2. The van der Waals surface area contributed by atoms with E-state index in [0.717, 1.165) is 24.3 Å². The predicted octanol–water partition coefficient (Wildman–Crippen LogP) is -8.93. The Morgan fingerprint density at radius 3 is 1.67 bits per heavy atom. The molecule has 0 heterocycles. The van der Waals surface area contributed by atoms with Gasteiger partial charge in [-0.2, -0.15) is 27.5 Å². The SMILES string of the molecule is O=S(=O)([O-])O.O=S(=O)([O-])O.[CH2-]CS(=O)(=O)c1ccc(N=Nc2c(NC)ccc3c(O)c(N=Nc4cc(OC)c(S(=O)(=O)C[CH2-])cc4O)[c-]cc23)c(S(=O)(=O)[O-])c1.[Cu].[Na+].[Na+].[Na+].[Na+]. The molecule has 5 N–H and O–H groups in total. The van der Waals surface area contributed by atoms with Gasteiger partial charge in [0.05, 0.1) is 22.6 Å². The first kappa shape index (κ1) is 67.2. The van der Waals surface area contributed by atoms with Crippen molar-refractivity contribution < 1.29 is 215 Å². The molecule has 4 rings (SSSR count). The number of methoxy groups -OCH3 is 1. The Balaban J connectivity index is -0.000000972. The third kappa shape index (κ3) is 21.2. The summed E-state index contributed by atoms with van der Waals surface area (Å²) < 4.78 is 156. The second-order valence-electron chi connectivity index (χ2n) is 10.1. The number of fused-ring (bicyclic) bond motifs is 1. The summed E-state index contributed by atoms with van der Waals surface area (Å²) >= 11 is 0. The molecule has 319 valence electrons.